The van der Waals surface area contributed by atoms with E-state index in [1.54, 1.807) is 0 Å². The van der Waals surface area contributed by atoms with Crippen LogP contribution >= 0.6 is 22.3 Å². The summed E-state index contributed by atoms with van der Waals surface area (Å²) < 4.78 is 28.0. The molecule has 8 heteroatoms. The molecule has 0 aliphatic carbocycles. The maximum absolute atomic E-state index is 11.9. The highest BCUT2D eigenvalue weighted by Gasteiger charge is 2.17. The van der Waals surface area contributed by atoms with Gasteiger partial charge in [-0.25, -0.2) is 8.42 Å². The molecule has 5 nitrogen and oxygen atoms in total. The third-order valence-corrected chi connectivity index (χ3v) is 4.24. The molecule has 0 spiro atoms. The molecule has 1 aromatic carbocycles. The van der Waals surface area contributed by atoms with E-state index >= 15 is 0 Å². The summed E-state index contributed by atoms with van der Waals surface area (Å²) in [5.74, 6) is 0.00910. The quantitative estimate of drug-likeness (QED) is 0.604. The first-order chi connectivity index (χ1) is 9.71. The topological polar surface area (TPSA) is 72.5 Å². The van der Waals surface area contributed by atoms with Gasteiger partial charge in [-0.3, -0.25) is 4.79 Å². The van der Waals surface area contributed by atoms with E-state index in [9.17, 15) is 13.2 Å². The maximum Gasteiger partial charge on any atom is 0.262 e. The molecule has 0 heterocycles. The van der Waals surface area contributed by atoms with Crippen molar-refractivity contribution in [2.24, 2.45) is 5.92 Å². The molecule has 1 amide bonds. The van der Waals surface area contributed by atoms with Crippen LogP contribution in [0.2, 0.25) is 5.02 Å². The summed E-state index contributed by atoms with van der Waals surface area (Å²) in [5, 5.41) is 2.60. The monoisotopic (exact) mass is 353 g/mol. The molecule has 0 aliphatic heterocycles. The number of nitrogens with one attached hydrogen (secondary N) is 1. The Kier molecular flexibility index (Phi) is 6.93. The molecule has 1 aromatic rings. The molecule has 0 bridgehead atoms. The Hall–Kier alpha value is -0.820. The van der Waals surface area contributed by atoms with Crippen molar-refractivity contribution in [3.05, 3.63) is 28.8 Å². The van der Waals surface area contributed by atoms with E-state index < -0.39 is 15.0 Å². The van der Waals surface area contributed by atoms with E-state index in [0.717, 1.165) is 6.07 Å². The Bertz CT molecular complexity index is 602. The molecule has 118 valence electrons. The van der Waals surface area contributed by atoms with E-state index in [-0.39, 0.29) is 15.5 Å². The van der Waals surface area contributed by atoms with E-state index in [0.29, 0.717) is 25.7 Å². The van der Waals surface area contributed by atoms with Crippen LogP contribution in [-0.2, 0) is 13.8 Å². The number of carbonyl (C=O) groups excluding carboxylic acids is 1. The van der Waals surface area contributed by atoms with Crippen molar-refractivity contribution in [1.82, 2.24) is 5.32 Å². The second-order valence-electron chi connectivity index (χ2n) is 4.81. The summed E-state index contributed by atoms with van der Waals surface area (Å²) >= 11 is 5.75. The van der Waals surface area contributed by atoms with Gasteiger partial charge < -0.3 is 10.1 Å². The van der Waals surface area contributed by atoms with Gasteiger partial charge in [-0.2, -0.15) is 0 Å². The molecule has 0 aliphatic rings. The second kappa shape index (κ2) is 7.98. The van der Waals surface area contributed by atoms with Gasteiger partial charge in [-0.15, -0.1) is 0 Å². The largest absolute Gasteiger partial charge is 0.379 e. The summed E-state index contributed by atoms with van der Waals surface area (Å²) in [5.41, 5.74) is 0.169. The van der Waals surface area contributed by atoms with Gasteiger partial charge in [0.2, 0.25) is 0 Å². The lowest BCUT2D eigenvalue weighted by Crippen LogP contribution is -2.27. The van der Waals surface area contributed by atoms with Crippen LogP contribution in [0.3, 0.4) is 0 Å². The van der Waals surface area contributed by atoms with Gasteiger partial charge in [0.05, 0.1) is 11.6 Å². The Morgan fingerprint density at radius 1 is 1.38 bits per heavy atom. The molecule has 0 unspecified atom stereocenters. The van der Waals surface area contributed by atoms with Crippen LogP contribution in [0.5, 0.6) is 0 Å². The van der Waals surface area contributed by atoms with Crippen molar-refractivity contribution in [2.75, 3.05) is 19.8 Å². The lowest BCUT2D eigenvalue weighted by atomic mass is 10.2. The summed E-state index contributed by atoms with van der Waals surface area (Å²) in [6.07, 6.45) is 0. The lowest BCUT2D eigenvalue weighted by Gasteiger charge is -2.09. The van der Waals surface area contributed by atoms with Gasteiger partial charge in [-0.05, 0) is 24.1 Å². The molecule has 21 heavy (non-hydrogen) atoms. The van der Waals surface area contributed by atoms with Crippen molar-refractivity contribution in [3.8, 4) is 0 Å². The van der Waals surface area contributed by atoms with Crippen LogP contribution in [0.1, 0.15) is 24.2 Å². The smallest absolute Gasteiger partial charge is 0.262 e. The predicted molar refractivity (Wildman–Crippen MR) is 82.5 cm³/mol. The standard InChI is InChI=1S/C13H17Cl2NO4S/c1-9(2)8-20-6-5-16-13(17)10-3-4-11(14)12(7-10)21(15,18)19/h3-4,7,9H,5-6,8H2,1-2H3,(H,16,17). The van der Waals surface area contributed by atoms with Gasteiger partial charge in [0.15, 0.2) is 0 Å². The zero-order valence-corrected chi connectivity index (χ0v) is 14.1. The summed E-state index contributed by atoms with van der Waals surface area (Å²) in [4.78, 5) is 11.6. The van der Waals surface area contributed by atoms with Gasteiger partial charge in [-0.1, -0.05) is 25.4 Å². The summed E-state index contributed by atoms with van der Waals surface area (Å²) in [6, 6.07) is 3.90. The maximum atomic E-state index is 11.9. The number of benzene rings is 1. The Morgan fingerprint density at radius 3 is 2.62 bits per heavy atom. The molecule has 0 saturated heterocycles. The zero-order valence-electron chi connectivity index (χ0n) is 11.7. The highest BCUT2D eigenvalue weighted by atomic mass is 35.7. The minimum Gasteiger partial charge on any atom is -0.379 e. The van der Waals surface area contributed by atoms with Crippen LogP contribution in [0.15, 0.2) is 23.1 Å². The second-order valence-corrected chi connectivity index (χ2v) is 7.75. The van der Waals surface area contributed by atoms with Crippen molar-refractivity contribution in [2.45, 2.75) is 18.7 Å². The van der Waals surface area contributed by atoms with Crippen molar-refractivity contribution < 1.29 is 17.9 Å². The first-order valence-corrected chi connectivity index (χ1v) is 9.00. The van der Waals surface area contributed by atoms with E-state index in [2.05, 4.69) is 5.32 Å². The molecule has 0 radical (unpaired) electrons. The zero-order chi connectivity index (χ0) is 16.0. The number of amides is 1. The molecular weight excluding hydrogens is 337 g/mol. The van der Waals surface area contributed by atoms with Crippen LogP contribution in [0.25, 0.3) is 0 Å². The molecule has 1 N–H and O–H groups in total. The van der Waals surface area contributed by atoms with Gasteiger partial charge in [0, 0.05) is 29.4 Å². The predicted octanol–water partition coefficient (Wildman–Crippen LogP) is 2.67. The molecule has 0 saturated carbocycles. The van der Waals surface area contributed by atoms with Crippen molar-refractivity contribution in [3.63, 3.8) is 0 Å². The SMILES string of the molecule is CC(C)COCCNC(=O)c1ccc(Cl)c(S(=O)(=O)Cl)c1. The number of hydrogen-bond donors (Lipinski definition) is 1. The Balaban J connectivity index is 2.63. The van der Waals surface area contributed by atoms with Gasteiger partial charge >= 0.3 is 0 Å². The van der Waals surface area contributed by atoms with E-state index in [1.165, 1.54) is 12.1 Å². The van der Waals surface area contributed by atoms with Crippen LogP contribution in [0.4, 0.5) is 0 Å². The number of rotatable bonds is 7. The van der Waals surface area contributed by atoms with Crippen LogP contribution < -0.4 is 5.32 Å². The number of halogens is 2. The first kappa shape index (κ1) is 18.2. The van der Waals surface area contributed by atoms with Gasteiger partial charge in [0.1, 0.15) is 4.90 Å². The molecule has 1 rings (SSSR count). The molecule has 0 fully saturated rings. The molecule has 0 atom stereocenters. The third kappa shape index (κ3) is 6.22. The Morgan fingerprint density at radius 2 is 2.05 bits per heavy atom. The average molecular weight is 354 g/mol. The number of carbonyl (C=O) groups is 1. The highest BCUT2D eigenvalue weighted by Crippen LogP contribution is 2.25. The van der Waals surface area contributed by atoms with Crippen molar-refractivity contribution in [1.29, 1.82) is 0 Å². The van der Waals surface area contributed by atoms with Gasteiger partial charge in [0.25, 0.3) is 15.0 Å². The summed E-state index contributed by atoms with van der Waals surface area (Å²) in [6.45, 7) is 5.39. The van der Waals surface area contributed by atoms with Crippen LogP contribution in [-0.4, -0.2) is 34.1 Å². The first-order valence-electron chi connectivity index (χ1n) is 6.32. The van der Waals surface area contributed by atoms with E-state index in [1.807, 2.05) is 13.8 Å². The molecule has 0 aromatic heterocycles. The Labute approximate surface area is 134 Å². The molecular formula is C13H17Cl2NO4S. The minimum absolute atomic E-state index is 0.0261. The summed E-state index contributed by atoms with van der Waals surface area (Å²) in [7, 11) is 1.26. The average Bonchev–Trinajstić information content (AvgIpc) is 2.36. The highest BCUT2D eigenvalue weighted by molar-refractivity contribution is 8.13. The fourth-order valence-electron chi connectivity index (χ4n) is 1.49. The van der Waals surface area contributed by atoms with E-state index in [4.69, 9.17) is 27.0 Å². The lowest BCUT2D eigenvalue weighted by molar-refractivity contribution is 0.0886. The fourth-order valence-corrected chi connectivity index (χ4v) is 2.98. The number of ether oxygens (including phenoxy) is 1. The number of hydrogen-bond acceptors (Lipinski definition) is 4. The van der Waals surface area contributed by atoms with Crippen LogP contribution in [0, 0.1) is 5.92 Å². The fraction of sp³-hybridized carbons (Fsp3) is 0.462. The minimum atomic E-state index is -3.99. The normalized spacial score (nSPS) is 11.7. The third-order valence-electron chi connectivity index (χ3n) is 2.44. The van der Waals surface area contributed by atoms with Crippen molar-refractivity contribution >= 4 is 37.2 Å².